The Kier molecular flexibility index (Phi) is 11.8. The molecule has 0 radical (unpaired) electrons. The highest BCUT2D eigenvalue weighted by atomic mass is 19.4. The summed E-state index contributed by atoms with van der Waals surface area (Å²) in [5.74, 6) is -0.994. The van der Waals surface area contributed by atoms with Gasteiger partial charge in [0.25, 0.3) is 5.91 Å². The van der Waals surface area contributed by atoms with Gasteiger partial charge in [0.15, 0.2) is 11.5 Å². The zero-order valence-corrected chi connectivity index (χ0v) is 33.3. The number of piperazine rings is 1. The van der Waals surface area contributed by atoms with Crippen molar-refractivity contribution in [1.82, 2.24) is 30.0 Å². The lowest BCUT2D eigenvalue weighted by molar-refractivity contribution is -0.190. The number of carbonyl (C=O) groups is 4. The number of ether oxygens (including phenoxy) is 3. The van der Waals surface area contributed by atoms with E-state index in [1.807, 2.05) is 30.3 Å². The number of aliphatic carboxylic acids is 1. The second kappa shape index (κ2) is 16.7. The van der Waals surface area contributed by atoms with E-state index in [0.29, 0.717) is 106 Å². The number of halogens is 3. The first-order valence-corrected chi connectivity index (χ1v) is 19.6. The van der Waals surface area contributed by atoms with Crippen molar-refractivity contribution >= 4 is 23.8 Å². The van der Waals surface area contributed by atoms with Gasteiger partial charge in [-0.1, -0.05) is 42.5 Å². The van der Waals surface area contributed by atoms with Crippen LogP contribution >= 0.6 is 0 Å². The van der Waals surface area contributed by atoms with Crippen molar-refractivity contribution in [3.8, 4) is 17.2 Å². The zero-order chi connectivity index (χ0) is 42.1. The fourth-order valence-corrected chi connectivity index (χ4v) is 9.22. The molecule has 8 rings (SSSR count). The summed E-state index contributed by atoms with van der Waals surface area (Å²) in [5, 5.41) is 15.4. The number of carboxylic acid groups (broad SMARTS) is 1. The van der Waals surface area contributed by atoms with Crippen LogP contribution in [0.5, 0.6) is 17.2 Å². The number of fused-ring (bicyclic) bond motifs is 3. The Labute approximate surface area is 340 Å². The maximum absolute atomic E-state index is 14.3. The molecule has 0 aromatic heterocycles. The molecule has 5 aliphatic rings. The van der Waals surface area contributed by atoms with E-state index in [-0.39, 0.29) is 12.5 Å². The van der Waals surface area contributed by atoms with Gasteiger partial charge >= 0.3 is 18.2 Å². The normalized spacial score (nSPS) is 24.1. The first kappa shape index (κ1) is 41.8. The van der Waals surface area contributed by atoms with Crippen molar-refractivity contribution in [2.45, 2.75) is 48.9 Å². The number of alkyl halides is 3. The van der Waals surface area contributed by atoms with Crippen molar-refractivity contribution in [1.29, 1.82) is 0 Å². The highest BCUT2D eigenvalue weighted by molar-refractivity contribution is 6.01. The summed E-state index contributed by atoms with van der Waals surface area (Å²) < 4.78 is 57.3. The van der Waals surface area contributed by atoms with E-state index in [2.05, 4.69) is 10.2 Å². The molecule has 2 bridgehead atoms. The number of nitrogens with one attached hydrogen (secondary N) is 1. The Bertz CT molecular complexity index is 2010. The highest BCUT2D eigenvalue weighted by Crippen LogP contribution is 2.43. The van der Waals surface area contributed by atoms with Gasteiger partial charge in [-0.2, -0.15) is 13.2 Å². The topological polar surface area (TPSA) is 144 Å². The molecule has 2 unspecified atom stereocenters. The molecular formula is C42H49F3N6O8. The molecular weight excluding hydrogens is 773 g/mol. The lowest BCUT2D eigenvalue weighted by Gasteiger charge is -2.52. The van der Waals surface area contributed by atoms with E-state index in [9.17, 15) is 37.5 Å². The number of nitrogens with zero attached hydrogens (tertiary/aromatic N) is 5. The summed E-state index contributed by atoms with van der Waals surface area (Å²) in [6, 6.07) is 16.8. The van der Waals surface area contributed by atoms with Gasteiger partial charge in [-0.15, -0.1) is 0 Å². The molecule has 0 spiro atoms. The fraction of sp³-hybridized carbons (Fsp3) is 0.476. The molecule has 14 nitrogen and oxygen atoms in total. The van der Waals surface area contributed by atoms with Crippen LogP contribution in [0.25, 0.3) is 0 Å². The summed E-state index contributed by atoms with van der Waals surface area (Å²) in [5.41, 5.74) is -0.782. The van der Waals surface area contributed by atoms with Gasteiger partial charge in [-0.05, 0) is 80.7 Å². The molecule has 4 amide bonds. The van der Waals surface area contributed by atoms with Crippen LogP contribution in [0.3, 0.4) is 0 Å². The molecule has 5 fully saturated rings. The lowest BCUT2D eigenvalue weighted by atomic mass is 9.71. The maximum atomic E-state index is 14.3. The van der Waals surface area contributed by atoms with Crippen LogP contribution in [0.1, 0.15) is 52.7 Å². The minimum absolute atomic E-state index is 0.252. The van der Waals surface area contributed by atoms with E-state index in [1.165, 1.54) is 33.5 Å². The number of hydrogen-bond donors (Lipinski definition) is 2. The van der Waals surface area contributed by atoms with Crippen molar-refractivity contribution in [3.63, 3.8) is 0 Å². The van der Waals surface area contributed by atoms with Crippen LogP contribution in [0.4, 0.5) is 18.0 Å². The Morgan fingerprint density at radius 1 is 0.797 bits per heavy atom. The summed E-state index contributed by atoms with van der Waals surface area (Å²) >= 11 is 0. The number of imide groups is 1. The molecule has 0 aliphatic carbocycles. The number of methoxy groups -OCH3 is 3. The molecule has 59 heavy (non-hydrogen) atoms. The molecule has 316 valence electrons. The highest BCUT2D eigenvalue weighted by Gasteiger charge is 2.49. The van der Waals surface area contributed by atoms with Gasteiger partial charge in [-0.25, -0.2) is 19.6 Å². The molecule has 5 aliphatic heterocycles. The molecule has 3 aromatic carbocycles. The number of carbonyl (C=O) groups excluding carboxylic acids is 3. The third-order valence-corrected chi connectivity index (χ3v) is 12.6. The molecule has 0 saturated carbocycles. The standard InChI is InChI=1S/C42H49F3N6O8/c1-57-32-25-28(26-33(58-2)34(32)59-3)36(52)49-20-14-40(27-49,29-9-11-31(12-10-29)42(43,44)45)13-17-47-18-15-41(16-19-47,30-7-5-4-6-8-30)38(55)46-39(56)51-35(37(53)54)48-21-23-50(51)24-22-48/h4-12,25-26,35H,13-24,27H2,1-3H3,(H,53,54)(H,46,55,56). The van der Waals surface area contributed by atoms with E-state index in [1.54, 1.807) is 26.9 Å². The second-order valence-corrected chi connectivity index (χ2v) is 15.6. The minimum Gasteiger partial charge on any atom is -0.493 e. The summed E-state index contributed by atoms with van der Waals surface area (Å²) in [6.45, 7) is 4.01. The predicted octanol–water partition coefficient (Wildman–Crippen LogP) is 4.43. The van der Waals surface area contributed by atoms with Crippen molar-refractivity contribution in [3.05, 3.63) is 89.0 Å². The Balaban J connectivity index is 1.09. The van der Waals surface area contributed by atoms with Crippen molar-refractivity contribution < 1.29 is 51.7 Å². The van der Waals surface area contributed by atoms with Gasteiger partial charge < -0.3 is 29.1 Å². The van der Waals surface area contributed by atoms with Crippen molar-refractivity contribution in [2.75, 3.05) is 80.2 Å². The largest absolute Gasteiger partial charge is 0.493 e. The van der Waals surface area contributed by atoms with Crippen molar-refractivity contribution in [2.24, 2.45) is 0 Å². The number of rotatable bonds is 11. The van der Waals surface area contributed by atoms with E-state index in [0.717, 1.165) is 22.7 Å². The first-order chi connectivity index (χ1) is 28.2. The number of likely N-dealkylation sites (tertiary alicyclic amines) is 2. The van der Waals surface area contributed by atoms with Crippen LogP contribution in [0.2, 0.25) is 0 Å². The number of urea groups is 1. The minimum atomic E-state index is -4.51. The van der Waals surface area contributed by atoms with Gasteiger partial charge in [0, 0.05) is 50.2 Å². The number of carboxylic acids is 1. The monoisotopic (exact) mass is 822 g/mol. The number of piperidine rings is 1. The summed E-state index contributed by atoms with van der Waals surface area (Å²) in [7, 11) is 4.38. The third-order valence-electron chi connectivity index (χ3n) is 12.6. The molecule has 2 atom stereocenters. The first-order valence-electron chi connectivity index (χ1n) is 19.6. The number of amides is 4. The molecule has 5 heterocycles. The van der Waals surface area contributed by atoms with Gasteiger partial charge in [0.2, 0.25) is 17.8 Å². The van der Waals surface area contributed by atoms with E-state index in [4.69, 9.17) is 14.2 Å². The third kappa shape index (κ3) is 8.02. The molecule has 5 saturated heterocycles. The Morgan fingerprint density at radius 2 is 1.42 bits per heavy atom. The van der Waals surface area contributed by atoms with Crippen LogP contribution in [-0.2, 0) is 26.6 Å². The smallest absolute Gasteiger partial charge is 0.416 e. The van der Waals surface area contributed by atoms with E-state index < -0.39 is 46.6 Å². The summed E-state index contributed by atoms with van der Waals surface area (Å²) in [4.78, 5) is 59.9. The Hall–Kier alpha value is -5.39. The number of benzene rings is 3. The van der Waals surface area contributed by atoms with Crippen LogP contribution in [-0.4, -0.2) is 140 Å². The van der Waals surface area contributed by atoms with E-state index >= 15 is 0 Å². The zero-order valence-electron chi connectivity index (χ0n) is 33.3. The average Bonchev–Trinajstić information content (AvgIpc) is 3.70. The molecule has 2 N–H and O–H groups in total. The lowest BCUT2D eigenvalue weighted by Crippen LogP contribution is -2.74. The molecule has 17 heteroatoms. The maximum Gasteiger partial charge on any atom is 0.416 e. The molecule has 3 aromatic rings. The van der Waals surface area contributed by atoms with Gasteiger partial charge in [0.05, 0.1) is 32.3 Å². The second-order valence-electron chi connectivity index (χ2n) is 15.6. The predicted molar refractivity (Wildman–Crippen MR) is 208 cm³/mol. The fourth-order valence-electron chi connectivity index (χ4n) is 9.22. The van der Waals surface area contributed by atoms with Crippen LogP contribution < -0.4 is 19.5 Å². The average molecular weight is 823 g/mol. The van der Waals surface area contributed by atoms with Crippen LogP contribution in [0.15, 0.2) is 66.7 Å². The SMILES string of the molecule is COc1cc(C(=O)N2CCC(CCN3CCC(C(=O)NC(=O)N4C(C(=O)O)N5CCN4CC5)(c4ccccc4)CC3)(c3ccc(C(F)(F)F)cc3)C2)cc(OC)c1OC. The Morgan fingerprint density at radius 3 is 1.98 bits per heavy atom. The number of hydrogen-bond acceptors (Lipinski definition) is 10. The number of hydrazine groups is 1. The quantitative estimate of drug-likeness (QED) is 0.284. The summed E-state index contributed by atoms with van der Waals surface area (Å²) in [6.07, 6.45) is -3.99. The van der Waals surface area contributed by atoms with Gasteiger partial charge in [-0.3, -0.25) is 19.8 Å². The van der Waals surface area contributed by atoms with Gasteiger partial charge in [0.1, 0.15) is 0 Å². The van der Waals surface area contributed by atoms with Crippen LogP contribution in [0, 0.1) is 0 Å².